The Morgan fingerprint density at radius 1 is 0.439 bits per heavy atom. The Bertz CT molecular complexity index is 2370. The molecular weight excluding hydrogens is 1040 g/mol. The zero-order valence-corrected chi connectivity index (χ0v) is 38.4. The first kappa shape index (κ1) is 55.4. The Kier molecular flexibility index (Phi) is 17.2. The predicted octanol–water partition coefficient (Wildman–Crippen LogP) is 7.33. The molecule has 0 atom stereocenters. The van der Waals surface area contributed by atoms with Gasteiger partial charge in [-0.3, -0.25) is 0 Å². The average molecular weight is 1080 g/mol. The fraction of sp³-hybridized carbons (Fsp3) is 0.304. The Balaban J connectivity index is 0.000000240. The van der Waals surface area contributed by atoms with Gasteiger partial charge in [-0.1, -0.05) is 108 Å². The van der Waals surface area contributed by atoms with Gasteiger partial charge in [0.15, 0.2) is 21.4 Å². The molecule has 6 aromatic rings. The number of rotatable bonds is 5. The van der Waals surface area contributed by atoms with Gasteiger partial charge in [-0.15, -0.1) is 0 Å². The Morgan fingerprint density at radius 2 is 0.712 bits per heavy atom. The minimum absolute atomic E-state index is 0.0594. The molecule has 0 radical (unpaired) electrons. The minimum atomic E-state index is -6.37. The van der Waals surface area contributed by atoms with Crippen LogP contribution in [0.2, 0.25) is 0 Å². The second-order valence-corrected chi connectivity index (χ2v) is 21.2. The summed E-state index contributed by atoms with van der Waals surface area (Å²) in [5.41, 5.74) is -8.33. The van der Waals surface area contributed by atoms with Crippen LogP contribution < -0.4 is 31.4 Å². The molecule has 0 spiro atoms. The summed E-state index contributed by atoms with van der Waals surface area (Å²) in [5.74, 6) is -7.32. The number of fused-ring (bicyclic) bond motifs is 3. The lowest BCUT2D eigenvalue weighted by Crippen LogP contribution is -3.61. The van der Waals surface area contributed by atoms with Gasteiger partial charge in [0.25, 0.3) is 11.2 Å². The molecular formula is C46H41F12IO6S. The highest BCUT2D eigenvalue weighted by atomic mass is 127. The first-order chi connectivity index (χ1) is 30.0. The molecule has 0 fully saturated rings. The molecule has 358 valence electrons. The maximum atomic E-state index is 11.5. The molecule has 20 heteroatoms. The van der Waals surface area contributed by atoms with Crippen LogP contribution in [0.4, 0.5) is 52.7 Å². The van der Waals surface area contributed by atoms with Gasteiger partial charge in [0.2, 0.25) is 0 Å². The van der Waals surface area contributed by atoms with E-state index in [0.717, 1.165) is 0 Å². The van der Waals surface area contributed by atoms with E-state index in [9.17, 15) is 72.5 Å². The fourth-order valence-corrected chi connectivity index (χ4v) is 10.2. The Morgan fingerprint density at radius 3 is 0.955 bits per heavy atom. The highest BCUT2D eigenvalue weighted by Crippen LogP contribution is 2.48. The summed E-state index contributed by atoms with van der Waals surface area (Å²) in [7, 11) is 0.0594. The smallest absolute Gasteiger partial charge is 0.431 e. The first-order valence-electron chi connectivity index (χ1n) is 19.0. The minimum Gasteiger partial charge on any atom is -0.546 e. The summed E-state index contributed by atoms with van der Waals surface area (Å²) in [6, 6.07) is 46.8. The van der Waals surface area contributed by atoms with Gasteiger partial charge < -0.3 is 30.0 Å². The van der Waals surface area contributed by atoms with Crippen molar-refractivity contribution < 1.29 is 104 Å². The van der Waals surface area contributed by atoms with Gasteiger partial charge in [-0.05, 0) is 82.6 Å². The summed E-state index contributed by atoms with van der Waals surface area (Å²) in [6.07, 6.45) is -25.5. The average Bonchev–Trinajstić information content (AvgIpc) is 3.53. The Hall–Kier alpha value is -4.93. The lowest BCUT2D eigenvalue weighted by atomic mass is 9.87. The van der Waals surface area contributed by atoms with Crippen molar-refractivity contribution in [2.24, 2.45) is 0 Å². The summed E-state index contributed by atoms with van der Waals surface area (Å²) in [6.45, 7) is 13.6. The normalized spacial score (nSPS) is 12.8. The van der Waals surface area contributed by atoms with E-state index in [4.69, 9.17) is 10.2 Å². The SMILES string of the molecule is CC(C)(C)c1ccc([I+]c2ccc(C(C)(C)C)cc2)cc1.O=C([O-])C(O)(C(F)(F)F)C(F)(F)F.O=C([O-])C(O)(C(F)(F)F)C(F)(F)F.c1ccc(-[s+]2c3ccccc3c3ccccc32)cc1. The number of thiophene rings is 1. The molecule has 5 aromatic carbocycles. The quantitative estimate of drug-likeness (QED) is 0.106. The van der Waals surface area contributed by atoms with Crippen LogP contribution in [0.3, 0.4) is 0 Å². The number of hydrogen-bond acceptors (Lipinski definition) is 6. The van der Waals surface area contributed by atoms with Crippen molar-refractivity contribution in [1.82, 2.24) is 0 Å². The number of carbonyl (C=O) groups excluding carboxylic acids is 2. The van der Waals surface area contributed by atoms with Crippen LogP contribution in [-0.2, 0) is 20.4 Å². The largest absolute Gasteiger partial charge is 0.546 e. The van der Waals surface area contributed by atoms with E-state index < -0.39 is 47.8 Å². The zero-order valence-electron chi connectivity index (χ0n) is 35.5. The van der Waals surface area contributed by atoms with Gasteiger partial charge in [-0.2, -0.15) is 52.7 Å². The molecule has 6 rings (SSSR count). The van der Waals surface area contributed by atoms with Crippen molar-refractivity contribution >= 4 is 42.6 Å². The van der Waals surface area contributed by atoms with E-state index in [-0.39, 0.29) is 42.5 Å². The molecule has 0 unspecified atom stereocenters. The van der Waals surface area contributed by atoms with Crippen molar-refractivity contribution in [3.05, 3.63) is 146 Å². The molecule has 2 N–H and O–H groups in total. The van der Waals surface area contributed by atoms with Gasteiger partial charge >= 0.3 is 45.9 Å². The number of alkyl halides is 12. The maximum Gasteiger partial charge on any atom is 0.431 e. The first-order valence-corrected chi connectivity index (χ1v) is 22.4. The third-order valence-corrected chi connectivity index (χ3v) is 14.4. The number of halogens is 13. The summed E-state index contributed by atoms with van der Waals surface area (Å²) in [5, 5.41) is 37.5. The molecule has 1 heterocycles. The monoisotopic (exact) mass is 1080 g/mol. The van der Waals surface area contributed by atoms with Gasteiger partial charge in [0.05, 0.1) is 11.9 Å². The molecule has 0 bridgehead atoms. The van der Waals surface area contributed by atoms with Crippen LogP contribution in [0.1, 0.15) is 52.7 Å². The lowest BCUT2D eigenvalue weighted by Gasteiger charge is -2.32. The molecule has 0 aliphatic carbocycles. The number of hydrogen-bond donors (Lipinski definition) is 2. The van der Waals surface area contributed by atoms with Crippen LogP contribution in [-0.4, -0.2) is 58.1 Å². The van der Waals surface area contributed by atoms with Crippen LogP contribution >= 0.6 is 10.5 Å². The molecule has 0 saturated carbocycles. The van der Waals surface area contributed by atoms with Crippen molar-refractivity contribution in [2.45, 2.75) is 88.3 Å². The fourth-order valence-electron chi connectivity index (χ4n) is 5.60. The Labute approximate surface area is 383 Å². The van der Waals surface area contributed by atoms with Crippen molar-refractivity contribution in [2.75, 3.05) is 0 Å². The number of benzene rings is 5. The van der Waals surface area contributed by atoms with Crippen molar-refractivity contribution in [3.8, 4) is 4.90 Å². The van der Waals surface area contributed by atoms with Gasteiger partial charge in [-0.25, -0.2) is 0 Å². The number of carboxylic acids is 2. The molecule has 6 nitrogen and oxygen atoms in total. The molecule has 1 aromatic heterocycles. The van der Waals surface area contributed by atoms with Crippen LogP contribution in [0.15, 0.2) is 127 Å². The molecule has 0 amide bonds. The summed E-state index contributed by atoms with van der Waals surface area (Å²) in [4.78, 5) is 20.4. The van der Waals surface area contributed by atoms with Gasteiger partial charge in [0.1, 0.15) is 0 Å². The van der Waals surface area contributed by atoms with E-state index in [0.29, 0.717) is 0 Å². The number of carbonyl (C=O) groups is 2. The van der Waals surface area contributed by atoms with Crippen LogP contribution in [0.25, 0.3) is 25.1 Å². The maximum absolute atomic E-state index is 11.5. The van der Waals surface area contributed by atoms with E-state index in [1.165, 1.54) is 43.3 Å². The van der Waals surface area contributed by atoms with Crippen molar-refractivity contribution in [3.63, 3.8) is 0 Å². The third-order valence-electron chi connectivity index (χ3n) is 9.35. The highest BCUT2D eigenvalue weighted by Gasteiger charge is 2.72. The third kappa shape index (κ3) is 12.7. The second-order valence-electron chi connectivity index (χ2n) is 16.2. The second kappa shape index (κ2) is 20.5. The van der Waals surface area contributed by atoms with Crippen LogP contribution in [0, 0.1) is 7.14 Å². The molecule has 0 aliphatic rings. The van der Waals surface area contributed by atoms with E-state index in [1.54, 1.807) is 0 Å². The summed E-state index contributed by atoms with van der Waals surface area (Å²) < 4.78 is 143. The highest BCUT2D eigenvalue weighted by molar-refractivity contribution is 7.50. The number of aliphatic hydroxyl groups is 2. The molecule has 0 saturated heterocycles. The van der Waals surface area contributed by atoms with E-state index >= 15 is 0 Å². The van der Waals surface area contributed by atoms with Crippen molar-refractivity contribution in [1.29, 1.82) is 0 Å². The number of aliphatic carboxylic acids is 2. The van der Waals surface area contributed by atoms with E-state index in [2.05, 4.69) is 169 Å². The standard InChI is InChI=1S/C20H26I.C18H13S.2C4H2F6O3/c1-19(2,3)15-7-11-17(12-8-15)21-18-13-9-16(10-14-18)20(4,5)6;1-2-8-14(9-3-1)19-17-12-6-4-10-15(17)16-11-5-7-13-18(16)19;2*5-3(6,7)2(13,1(11)12)4(8,9)10/h7-14H,1-6H3;1-13H;2*13H,(H,11,12)/q2*+1;;/p-2. The van der Waals surface area contributed by atoms with Gasteiger partial charge in [0, 0.05) is 21.2 Å². The number of carboxylic acid groups (broad SMARTS) is 2. The van der Waals surface area contributed by atoms with E-state index in [1.807, 2.05) is 0 Å². The molecule has 66 heavy (non-hydrogen) atoms. The zero-order chi connectivity index (χ0) is 50.5. The lowest BCUT2D eigenvalue weighted by molar-refractivity contribution is -0.597. The van der Waals surface area contributed by atoms with Crippen LogP contribution in [0.5, 0.6) is 0 Å². The summed E-state index contributed by atoms with van der Waals surface area (Å²) >= 11 is -0.0703. The molecule has 0 aliphatic heterocycles. The topological polar surface area (TPSA) is 121 Å². The predicted molar refractivity (Wildman–Crippen MR) is 217 cm³/mol.